The van der Waals surface area contributed by atoms with Gasteiger partial charge in [0.15, 0.2) is 6.04 Å². The van der Waals surface area contributed by atoms with Gasteiger partial charge in [-0.05, 0) is 30.3 Å². The average Bonchev–Trinajstić information content (AvgIpc) is 3.25. The number of carbonyl (C=O) groups excluding carboxylic acids is 1. The summed E-state index contributed by atoms with van der Waals surface area (Å²) in [5.74, 6) is 0.443. The minimum absolute atomic E-state index is 0.164. The zero-order valence-electron chi connectivity index (χ0n) is 17.3. The molecule has 5 rings (SSSR count). The van der Waals surface area contributed by atoms with Crippen LogP contribution in [-0.4, -0.2) is 42.1 Å². The molecular weight excluding hydrogens is 386 g/mol. The molecule has 0 spiro atoms. The van der Waals surface area contributed by atoms with Crippen LogP contribution in [0.25, 0.3) is 10.9 Å². The minimum atomic E-state index is -0.234. The Hall–Kier alpha value is -3.57. The second-order valence-electron chi connectivity index (χ2n) is 8.12. The number of phenolic OH excluding ortho intramolecular Hbond substituents is 1. The van der Waals surface area contributed by atoms with Crippen LogP contribution in [0.3, 0.4) is 0 Å². The first-order valence-electron chi connectivity index (χ1n) is 10.7. The van der Waals surface area contributed by atoms with Crippen molar-refractivity contribution in [2.45, 2.75) is 6.04 Å². The number of Topliss-reactive ketones (excluding diaryl/α,β-unsaturated/α-hetero) is 1. The number of rotatable bonds is 5. The number of carbonyl (C=O) groups is 1. The molecule has 0 aliphatic carbocycles. The molecule has 4 aromatic rings. The fraction of sp³-hybridized carbons (Fsp3) is 0.192. The third-order valence-electron chi connectivity index (χ3n) is 6.28. The number of ketones is 1. The third kappa shape index (κ3) is 3.80. The maximum atomic E-state index is 13.8. The quantitative estimate of drug-likeness (QED) is 0.441. The van der Waals surface area contributed by atoms with Crippen molar-refractivity contribution in [2.75, 3.05) is 31.1 Å². The Labute approximate surface area is 181 Å². The molecule has 1 aliphatic heterocycles. The third-order valence-corrected chi connectivity index (χ3v) is 6.28. The average molecular weight is 413 g/mol. The molecule has 0 amide bonds. The number of para-hydroxylation sites is 1. The van der Waals surface area contributed by atoms with Crippen molar-refractivity contribution in [3.05, 3.63) is 96.2 Å². The van der Waals surface area contributed by atoms with Gasteiger partial charge in [-0.1, -0.05) is 48.5 Å². The van der Waals surface area contributed by atoms with Gasteiger partial charge in [0.25, 0.3) is 0 Å². The molecule has 2 heterocycles. The molecule has 156 valence electrons. The van der Waals surface area contributed by atoms with Crippen molar-refractivity contribution in [2.24, 2.45) is 0 Å². The number of phenols is 1. The van der Waals surface area contributed by atoms with E-state index in [0.29, 0.717) is 0 Å². The van der Waals surface area contributed by atoms with Crippen LogP contribution < -0.4 is 9.80 Å². The number of anilines is 1. The standard InChI is InChI=1S/C26H25N3O2/c30-21-12-10-20(11-13-21)28-14-16-29(17-15-28)25(19-6-2-1-3-7-19)26(31)23-18-27-24-9-5-4-8-22(23)24/h1-13,18,25,27,30H,14-17H2/p+1/t25-/m1/s1. The lowest BCUT2D eigenvalue weighted by atomic mass is 9.95. The number of benzene rings is 3. The van der Waals surface area contributed by atoms with Crippen molar-refractivity contribution in [1.29, 1.82) is 0 Å². The molecule has 0 saturated carbocycles. The molecule has 0 bridgehead atoms. The summed E-state index contributed by atoms with van der Waals surface area (Å²) in [6.07, 6.45) is 1.86. The van der Waals surface area contributed by atoms with Gasteiger partial charge in [0.2, 0.25) is 5.78 Å². The molecule has 1 atom stereocenters. The van der Waals surface area contributed by atoms with E-state index in [-0.39, 0.29) is 17.6 Å². The highest BCUT2D eigenvalue weighted by Crippen LogP contribution is 2.24. The molecule has 1 fully saturated rings. The van der Waals surface area contributed by atoms with Gasteiger partial charge in [-0.25, -0.2) is 0 Å². The number of nitrogens with one attached hydrogen (secondary N) is 2. The lowest BCUT2D eigenvalue weighted by Gasteiger charge is -2.37. The summed E-state index contributed by atoms with van der Waals surface area (Å²) in [7, 11) is 0. The summed E-state index contributed by atoms with van der Waals surface area (Å²) in [5.41, 5.74) is 3.92. The van der Waals surface area contributed by atoms with Crippen molar-refractivity contribution >= 4 is 22.4 Å². The van der Waals surface area contributed by atoms with Gasteiger partial charge in [-0.2, -0.15) is 0 Å². The van der Waals surface area contributed by atoms with E-state index in [4.69, 9.17) is 0 Å². The van der Waals surface area contributed by atoms with E-state index < -0.39 is 0 Å². The number of hydrogen-bond acceptors (Lipinski definition) is 3. The highest BCUT2D eigenvalue weighted by atomic mass is 16.3. The molecule has 1 aromatic heterocycles. The molecule has 3 N–H and O–H groups in total. The van der Waals surface area contributed by atoms with E-state index >= 15 is 0 Å². The summed E-state index contributed by atoms with van der Waals surface area (Å²) in [6.45, 7) is 3.47. The van der Waals surface area contributed by atoms with E-state index in [9.17, 15) is 9.90 Å². The highest BCUT2D eigenvalue weighted by Gasteiger charge is 2.35. The fourth-order valence-electron chi connectivity index (χ4n) is 4.65. The van der Waals surface area contributed by atoms with Gasteiger partial charge in [0.1, 0.15) is 5.75 Å². The zero-order valence-corrected chi connectivity index (χ0v) is 17.3. The van der Waals surface area contributed by atoms with Gasteiger partial charge in [-0.15, -0.1) is 0 Å². The Morgan fingerprint density at radius 1 is 0.903 bits per heavy atom. The van der Waals surface area contributed by atoms with Crippen LogP contribution in [0.1, 0.15) is 22.0 Å². The number of nitrogens with zero attached hydrogens (tertiary/aromatic N) is 1. The summed E-state index contributed by atoms with van der Waals surface area (Å²) in [5, 5.41) is 10.5. The Morgan fingerprint density at radius 2 is 1.58 bits per heavy atom. The van der Waals surface area contributed by atoms with Crippen LogP contribution in [0.5, 0.6) is 5.75 Å². The first-order chi connectivity index (χ1) is 15.2. The lowest BCUT2D eigenvalue weighted by molar-refractivity contribution is -0.921. The monoisotopic (exact) mass is 412 g/mol. The smallest absolute Gasteiger partial charge is 0.226 e. The summed E-state index contributed by atoms with van der Waals surface area (Å²) in [6, 6.07) is 25.2. The number of fused-ring (bicyclic) bond motifs is 1. The van der Waals surface area contributed by atoms with Crippen LogP contribution in [-0.2, 0) is 0 Å². The number of piperazine rings is 1. The van der Waals surface area contributed by atoms with Crippen molar-refractivity contribution in [3.63, 3.8) is 0 Å². The molecule has 1 saturated heterocycles. The lowest BCUT2D eigenvalue weighted by Crippen LogP contribution is -3.15. The predicted octanol–water partition coefficient (Wildman–Crippen LogP) is 3.20. The Balaban J connectivity index is 1.42. The molecule has 5 nitrogen and oxygen atoms in total. The van der Waals surface area contributed by atoms with Crippen LogP contribution in [0, 0.1) is 0 Å². The number of quaternary nitrogens is 1. The van der Waals surface area contributed by atoms with Crippen LogP contribution in [0.4, 0.5) is 5.69 Å². The number of H-pyrrole nitrogens is 1. The van der Waals surface area contributed by atoms with Gasteiger partial charge in [0.05, 0.1) is 26.2 Å². The molecular formula is C26H26N3O2+. The molecule has 5 heteroatoms. The van der Waals surface area contributed by atoms with Crippen molar-refractivity contribution < 1.29 is 14.8 Å². The van der Waals surface area contributed by atoms with Crippen molar-refractivity contribution in [3.8, 4) is 5.75 Å². The van der Waals surface area contributed by atoms with E-state index in [1.54, 1.807) is 12.1 Å². The van der Waals surface area contributed by atoms with E-state index in [1.807, 2.05) is 60.8 Å². The van der Waals surface area contributed by atoms with Crippen LogP contribution in [0.2, 0.25) is 0 Å². The topological polar surface area (TPSA) is 60.8 Å². The number of aromatic amines is 1. The van der Waals surface area contributed by atoms with Gasteiger partial charge in [-0.3, -0.25) is 4.79 Å². The summed E-state index contributed by atoms with van der Waals surface area (Å²) < 4.78 is 0. The number of hydrogen-bond donors (Lipinski definition) is 3. The van der Waals surface area contributed by atoms with Gasteiger partial charge >= 0.3 is 0 Å². The van der Waals surface area contributed by atoms with E-state index in [0.717, 1.165) is 53.9 Å². The molecule has 0 unspecified atom stereocenters. The first kappa shape index (κ1) is 19.4. The SMILES string of the molecule is O=C(c1c[nH]c2ccccc12)[C@@H](c1ccccc1)[NH+]1CCN(c2ccc(O)cc2)CC1. The summed E-state index contributed by atoms with van der Waals surface area (Å²) >= 11 is 0. The predicted molar refractivity (Wildman–Crippen MR) is 123 cm³/mol. The van der Waals surface area contributed by atoms with Gasteiger partial charge in [0, 0.05) is 33.9 Å². The maximum absolute atomic E-state index is 13.8. The fourth-order valence-corrected chi connectivity index (χ4v) is 4.65. The highest BCUT2D eigenvalue weighted by molar-refractivity contribution is 6.10. The molecule has 0 radical (unpaired) electrons. The zero-order chi connectivity index (χ0) is 21.2. The second-order valence-corrected chi connectivity index (χ2v) is 8.12. The minimum Gasteiger partial charge on any atom is -0.508 e. The van der Waals surface area contributed by atoms with Crippen molar-refractivity contribution in [1.82, 2.24) is 4.98 Å². The Morgan fingerprint density at radius 3 is 2.32 bits per heavy atom. The largest absolute Gasteiger partial charge is 0.508 e. The van der Waals surface area contributed by atoms with Gasteiger partial charge < -0.3 is 19.9 Å². The Bertz CT molecular complexity index is 1180. The second kappa shape index (κ2) is 8.28. The molecule has 3 aromatic carbocycles. The maximum Gasteiger partial charge on any atom is 0.226 e. The number of aromatic nitrogens is 1. The van der Waals surface area contributed by atoms with E-state index in [1.165, 1.54) is 4.90 Å². The first-order valence-corrected chi connectivity index (χ1v) is 10.7. The summed E-state index contributed by atoms with van der Waals surface area (Å²) in [4.78, 5) is 20.7. The number of aromatic hydroxyl groups is 1. The van der Waals surface area contributed by atoms with E-state index in [2.05, 4.69) is 22.0 Å². The molecule has 31 heavy (non-hydrogen) atoms. The van der Waals surface area contributed by atoms with Crippen LogP contribution in [0.15, 0.2) is 85.1 Å². The molecule has 1 aliphatic rings. The Kier molecular flexibility index (Phi) is 5.18. The normalized spacial score (nSPS) is 15.8. The van der Waals surface area contributed by atoms with Crippen LogP contribution >= 0.6 is 0 Å².